The summed E-state index contributed by atoms with van der Waals surface area (Å²) in [7, 11) is 0. The van der Waals surface area contributed by atoms with Crippen LogP contribution in [-0.2, 0) is 4.79 Å². The summed E-state index contributed by atoms with van der Waals surface area (Å²) in [5.74, 6) is 2.07. The van der Waals surface area contributed by atoms with E-state index in [0.717, 1.165) is 5.75 Å². The second-order valence-electron chi connectivity index (χ2n) is 3.69. The Kier molecular flexibility index (Phi) is 1.31. The topological polar surface area (TPSA) is 17.1 Å². The van der Waals surface area contributed by atoms with Crippen molar-refractivity contribution in [3.8, 4) is 0 Å². The first-order chi connectivity index (χ1) is 5.86. The Labute approximate surface area is 75.9 Å². The summed E-state index contributed by atoms with van der Waals surface area (Å²) in [6.45, 7) is 0. The van der Waals surface area contributed by atoms with E-state index in [1.165, 1.54) is 35.7 Å². The molecule has 0 N–H and O–H groups in total. The van der Waals surface area contributed by atoms with E-state index in [4.69, 9.17) is 0 Å². The van der Waals surface area contributed by atoms with Gasteiger partial charge in [-0.25, -0.2) is 0 Å². The van der Waals surface area contributed by atoms with Gasteiger partial charge in [0, 0.05) is 17.2 Å². The van der Waals surface area contributed by atoms with Gasteiger partial charge < -0.3 is 0 Å². The van der Waals surface area contributed by atoms with E-state index in [9.17, 15) is 4.79 Å². The molecule has 4 aliphatic rings. The lowest BCUT2D eigenvalue weighted by molar-refractivity contribution is -0.108. The Morgan fingerprint density at radius 2 is 2.00 bits per heavy atom. The summed E-state index contributed by atoms with van der Waals surface area (Å²) in [6.07, 6.45) is 7.00. The van der Waals surface area contributed by atoms with Crippen LogP contribution in [-0.4, -0.2) is 10.9 Å². The lowest BCUT2D eigenvalue weighted by atomic mass is 9.72. The van der Waals surface area contributed by atoms with Crippen molar-refractivity contribution < 1.29 is 4.79 Å². The molecule has 4 rings (SSSR count). The molecule has 0 amide bonds. The molecule has 0 fully saturated rings. The average Bonchev–Trinajstić information content (AvgIpc) is 2.53. The van der Waals surface area contributed by atoms with E-state index in [1.54, 1.807) is 0 Å². The van der Waals surface area contributed by atoms with Crippen LogP contribution in [0.25, 0.3) is 0 Å². The molecule has 0 saturated carbocycles. The number of fused-ring (bicyclic) bond motifs is 1. The molecule has 2 atom stereocenters. The van der Waals surface area contributed by atoms with Gasteiger partial charge in [-0.3, -0.25) is 4.79 Å². The monoisotopic (exact) mass is 178 g/mol. The molecule has 1 aliphatic heterocycles. The van der Waals surface area contributed by atoms with Gasteiger partial charge in [-0.2, -0.15) is 0 Å². The van der Waals surface area contributed by atoms with Crippen molar-refractivity contribution in [3.05, 3.63) is 23.3 Å². The van der Waals surface area contributed by atoms with Gasteiger partial charge in [-0.15, -0.1) is 0 Å². The molecule has 0 unspecified atom stereocenters. The number of carbonyl (C=O) groups excluding carboxylic acids is 1. The maximum atomic E-state index is 11.5. The predicted molar refractivity (Wildman–Crippen MR) is 49.8 cm³/mol. The third-order valence-electron chi connectivity index (χ3n) is 3.11. The Bertz CT molecular complexity index is 314. The van der Waals surface area contributed by atoms with Gasteiger partial charge in [0.05, 0.1) is 0 Å². The minimum absolute atomic E-state index is 0.351. The number of rotatable bonds is 0. The predicted octanol–water partition coefficient (Wildman–Crippen LogP) is 2.15. The van der Waals surface area contributed by atoms with Gasteiger partial charge in [-0.1, -0.05) is 23.9 Å². The van der Waals surface area contributed by atoms with Crippen molar-refractivity contribution in [2.75, 3.05) is 5.75 Å². The first-order valence-corrected chi connectivity index (χ1v) is 5.43. The van der Waals surface area contributed by atoms with E-state index < -0.39 is 0 Å². The third-order valence-corrected chi connectivity index (χ3v) is 4.04. The molecule has 62 valence electrons. The summed E-state index contributed by atoms with van der Waals surface area (Å²) in [6, 6.07) is 0. The Morgan fingerprint density at radius 1 is 1.25 bits per heavy atom. The maximum Gasteiger partial charge on any atom is 0.216 e. The molecule has 1 heterocycles. The van der Waals surface area contributed by atoms with Crippen molar-refractivity contribution in [1.29, 1.82) is 0 Å². The molecule has 0 radical (unpaired) electrons. The van der Waals surface area contributed by atoms with Gasteiger partial charge >= 0.3 is 0 Å². The summed E-state index contributed by atoms with van der Waals surface area (Å²) < 4.78 is 0. The second-order valence-corrected chi connectivity index (χ2v) is 4.64. The highest BCUT2D eigenvalue weighted by Gasteiger charge is 2.38. The zero-order chi connectivity index (χ0) is 8.13. The highest BCUT2D eigenvalue weighted by Crippen LogP contribution is 2.47. The summed E-state index contributed by atoms with van der Waals surface area (Å²) >= 11 is 1.50. The van der Waals surface area contributed by atoms with Crippen LogP contribution in [0, 0.1) is 11.8 Å². The van der Waals surface area contributed by atoms with Crippen LogP contribution in [0.4, 0.5) is 0 Å². The zero-order valence-corrected chi connectivity index (χ0v) is 7.56. The summed E-state index contributed by atoms with van der Waals surface area (Å²) in [5.41, 5.74) is 2.61. The van der Waals surface area contributed by atoms with Gasteiger partial charge in [0.15, 0.2) is 0 Å². The first-order valence-electron chi connectivity index (χ1n) is 4.44. The maximum absolute atomic E-state index is 11.5. The van der Waals surface area contributed by atoms with Crippen LogP contribution >= 0.6 is 11.8 Å². The van der Waals surface area contributed by atoms with Crippen molar-refractivity contribution in [2.45, 2.75) is 12.8 Å². The van der Waals surface area contributed by atoms with Gasteiger partial charge in [0.25, 0.3) is 0 Å². The second kappa shape index (κ2) is 2.25. The number of carbonyl (C=O) groups is 1. The van der Waals surface area contributed by atoms with E-state index in [0.29, 0.717) is 17.0 Å². The van der Waals surface area contributed by atoms with Crippen LogP contribution in [0.15, 0.2) is 23.3 Å². The van der Waals surface area contributed by atoms with Crippen LogP contribution in [0.2, 0.25) is 0 Å². The Morgan fingerprint density at radius 3 is 2.67 bits per heavy atom. The summed E-state index contributed by atoms with van der Waals surface area (Å²) in [4.78, 5) is 11.5. The molecule has 0 aromatic rings. The lowest BCUT2D eigenvalue weighted by Crippen LogP contribution is -2.22. The minimum atomic E-state index is 0.351. The molecule has 12 heavy (non-hydrogen) atoms. The standard InChI is InChI=1S/C10H10OS/c11-10-9-7-3-1-6(2-4-7)8(9)5-12-10/h1,3,6-7H,2,4-5H2/t6-,7+/m1/s1. The van der Waals surface area contributed by atoms with Crippen molar-refractivity contribution >= 4 is 16.9 Å². The van der Waals surface area contributed by atoms with E-state index in [2.05, 4.69) is 12.2 Å². The quantitative estimate of drug-likeness (QED) is 0.529. The third kappa shape index (κ3) is 0.738. The van der Waals surface area contributed by atoms with Crippen molar-refractivity contribution in [2.24, 2.45) is 11.8 Å². The molecule has 1 nitrogen and oxygen atoms in total. The molecule has 2 heteroatoms. The molecule has 3 aliphatic carbocycles. The van der Waals surface area contributed by atoms with Crippen LogP contribution in [0.1, 0.15) is 12.8 Å². The number of thioether (sulfide) groups is 1. The van der Waals surface area contributed by atoms with E-state index in [-0.39, 0.29) is 0 Å². The smallest absolute Gasteiger partial charge is 0.216 e. The first kappa shape index (κ1) is 6.96. The fraction of sp³-hybridized carbons (Fsp3) is 0.500. The van der Waals surface area contributed by atoms with Crippen LogP contribution in [0.5, 0.6) is 0 Å². The molecular weight excluding hydrogens is 168 g/mol. The van der Waals surface area contributed by atoms with Gasteiger partial charge in [0.2, 0.25) is 5.12 Å². The Balaban J connectivity index is 2.13. The molecule has 0 spiro atoms. The fourth-order valence-corrected chi connectivity index (χ4v) is 3.57. The molecule has 0 saturated heterocycles. The largest absolute Gasteiger partial charge is 0.282 e. The molecule has 0 aromatic carbocycles. The SMILES string of the molecule is O=C1SCC2=C1[C@H]1C=C[C@@H]2CC1. The molecule has 2 bridgehead atoms. The van der Waals surface area contributed by atoms with Gasteiger partial charge in [0.1, 0.15) is 0 Å². The molecular formula is C10H10OS. The highest BCUT2D eigenvalue weighted by atomic mass is 32.2. The zero-order valence-electron chi connectivity index (χ0n) is 6.75. The lowest BCUT2D eigenvalue weighted by Gasteiger charge is -2.31. The Hall–Kier alpha value is -0.500. The van der Waals surface area contributed by atoms with Crippen molar-refractivity contribution in [3.63, 3.8) is 0 Å². The highest BCUT2D eigenvalue weighted by molar-refractivity contribution is 8.14. The van der Waals surface area contributed by atoms with E-state index in [1.807, 2.05) is 0 Å². The van der Waals surface area contributed by atoms with Crippen LogP contribution < -0.4 is 0 Å². The van der Waals surface area contributed by atoms with Crippen LogP contribution in [0.3, 0.4) is 0 Å². The van der Waals surface area contributed by atoms with Crippen molar-refractivity contribution in [1.82, 2.24) is 0 Å². The molecule has 0 aromatic heterocycles. The normalized spacial score (nSPS) is 37.8. The van der Waals surface area contributed by atoms with Gasteiger partial charge in [-0.05, 0) is 24.3 Å². The number of allylic oxidation sites excluding steroid dienone is 2. The number of hydrogen-bond donors (Lipinski definition) is 0. The summed E-state index contributed by atoms with van der Waals surface area (Å²) in [5, 5.41) is 0.351. The van der Waals surface area contributed by atoms with E-state index >= 15 is 0 Å². The minimum Gasteiger partial charge on any atom is -0.282 e. The number of hydrogen-bond acceptors (Lipinski definition) is 2. The average molecular weight is 178 g/mol. The fourth-order valence-electron chi connectivity index (χ4n) is 2.48.